The van der Waals surface area contributed by atoms with Crippen LogP contribution in [0.25, 0.3) is 10.9 Å². The fourth-order valence-corrected chi connectivity index (χ4v) is 5.65. The van der Waals surface area contributed by atoms with Crippen molar-refractivity contribution in [3.8, 4) is 11.5 Å². The summed E-state index contributed by atoms with van der Waals surface area (Å²) in [4.78, 5) is 27.7. The molecule has 0 fully saturated rings. The van der Waals surface area contributed by atoms with E-state index in [1.807, 2.05) is 0 Å². The minimum Gasteiger partial charge on any atom is -0.497 e. The fraction of sp³-hybridized carbons (Fsp3) is 0.333. The summed E-state index contributed by atoms with van der Waals surface area (Å²) < 4.78 is 11.1. The molecule has 1 aromatic heterocycles. The number of aromatic amines is 1. The smallest absolute Gasteiger partial charge is 0.248 e. The number of ketones is 1. The van der Waals surface area contributed by atoms with Crippen LogP contribution < -0.4 is 20.3 Å². The quantitative estimate of drug-likeness (QED) is 0.238. The largest absolute Gasteiger partial charge is 0.497 e. The summed E-state index contributed by atoms with van der Waals surface area (Å²) >= 11 is 0. The van der Waals surface area contributed by atoms with Gasteiger partial charge in [0.05, 0.1) is 18.7 Å². The van der Waals surface area contributed by atoms with Crippen LogP contribution >= 0.6 is 0 Å². The average Bonchev–Trinajstić information content (AvgIpc) is 3.39. The Balaban J connectivity index is 1.29. The summed E-state index contributed by atoms with van der Waals surface area (Å²) in [6.45, 7) is 4.58. The van der Waals surface area contributed by atoms with E-state index in [1.54, 1.807) is 49.6 Å². The number of hydrogen-bond donors (Lipinski definition) is 3. The van der Waals surface area contributed by atoms with Crippen LogP contribution in [0.1, 0.15) is 58.1 Å². The van der Waals surface area contributed by atoms with Crippen molar-refractivity contribution in [2.24, 2.45) is 0 Å². The van der Waals surface area contributed by atoms with Crippen LogP contribution in [0, 0.1) is 0 Å². The number of carbonyl (C=O) groups excluding carboxylic acids is 1. The maximum Gasteiger partial charge on any atom is 0.248 e. The standard InChI is InChI=1S/C33H36N2O5/c1-4-20-13-23-15-25(16-24(23)14-21(20)5-2)34-18-29(36)27-9-11-31(33-28(27)10-12-32(38)35-33)40-19-30(37)22-7-6-8-26(17-22)39-3/h6-14,17,25,29,34,36H,4-5,15-16,18-19H2,1-3H3,(H,35,38)/t29-/m1/s1. The van der Waals surface area contributed by atoms with Crippen molar-refractivity contribution < 1.29 is 19.4 Å². The third-order valence-electron chi connectivity index (χ3n) is 7.82. The van der Waals surface area contributed by atoms with E-state index in [0.717, 1.165) is 25.7 Å². The average molecular weight is 541 g/mol. The first-order valence-corrected chi connectivity index (χ1v) is 13.9. The molecule has 1 heterocycles. The highest BCUT2D eigenvalue weighted by Gasteiger charge is 2.24. The number of methoxy groups -OCH3 is 1. The zero-order chi connectivity index (χ0) is 28.2. The lowest BCUT2D eigenvalue weighted by Crippen LogP contribution is -2.33. The number of aliphatic hydroxyl groups excluding tert-OH is 1. The number of fused-ring (bicyclic) bond motifs is 2. The molecule has 4 aromatic rings. The summed E-state index contributed by atoms with van der Waals surface area (Å²) in [5.41, 5.74) is 6.97. The van der Waals surface area contributed by atoms with Gasteiger partial charge in [0.2, 0.25) is 5.56 Å². The second kappa shape index (κ2) is 12.1. The Labute approximate surface area is 234 Å². The van der Waals surface area contributed by atoms with Crippen LogP contribution in [0.15, 0.2) is 65.5 Å². The summed E-state index contributed by atoms with van der Waals surface area (Å²) in [6, 6.07) is 18.5. The second-order valence-corrected chi connectivity index (χ2v) is 10.3. The van der Waals surface area contributed by atoms with Gasteiger partial charge in [0.25, 0.3) is 0 Å². The zero-order valence-electron chi connectivity index (χ0n) is 23.3. The Morgan fingerprint density at radius 1 is 1.02 bits per heavy atom. The normalized spacial score (nSPS) is 13.8. The van der Waals surface area contributed by atoms with Crippen molar-refractivity contribution in [3.63, 3.8) is 0 Å². The summed E-state index contributed by atoms with van der Waals surface area (Å²) in [7, 11) is 1.55. The van der Waals surface area contributed by atoms with Gasteiger partial charge in [-0.2, -0.15) is 0 Å². The molecular weight excluding hydrogens is 504 g/mol. The Morgan fingerprint density at radius 3 is 2.42 bits per heavy atom. The summed E-state index contributed by atoms with van der Waals surface area (Å²) in [6.07, 6.45) is 3.18. The molecule has 1 aliphatic carbocycles. The third-order valence-corrected chi connectivity index (χ3v) is 7.82. The second-order valence-electron chi connectivity index (χ2n) is 10.3. The highest BCUT2D eigenvalue weighted by molar-refractivity contribution is 5.98. The van der Waals surface area contributed by atoms with E-state index in [1.165, 1.54) is 28.3 Å². The van der Waals surface area contributed by atoms with Crippen LogP contribution in [0.2, 0.25) is 0 Å². The molecule has 0 aliphatic heterocycles. The van der Waals surface area contributed by atoms with Gasteiger partial charge in [-0.05, 0) is 77.8 Å². The Hall–Kier alpha value is -3.94. The minimum absolute atomic E-state index is 0.204. The molecule has 3 aromatic carbocycles. The number of hydrogen-bond acceptors (Lipinski definition) is 6. The van der Waals surface area contributed by atoms with E-state index in [0.29, 0.717) is 40.1 Å². The van der Waals surface area contributed by atoms with Crippen LogP contribution in [-0.4, -0.2) is 42.2 Å². The van der Waals surface area contributed by atoms with Gasteiger partial charge >= 0.3 is 0 Å². The summed E-state index contributed by atoms with van der Waals surface area (Å²) in [5.74, 6) is 0.747. The van der Waals surface area contributed by atoms with Crippen LogP contribution in [0.5, 0.6) is 11.5 Å². The third kappa shape index (κ3) is 5.81. The highest BCUT2D eigenvalue weighted by Crippen LogP contribution is 2.31. The lowest BCUT2D eigenvalue weighted by molar-refractivity contribution is 0.0922. The lowest BCUT2D eigenvalue weighted by atomic mass is 9.97. The van der Waals surface area contributed by atoms with Crippen molar-refractivity contribution in [2.45, 2.75) is 51.7 Å². The van der Waals surface area contributed by atoms with E-state index in [9.17, 15) is 14.7 Å². The molecule has 40 heavy (non-hydrogen) atoms. The van der Waals surface area contributed by atoms with Crippen LogP contribution in [0.4, 0.5) is 0 Å². The molecule has 1 atom stereocenters. The van der Waals surface area contributed by atoms with Gasteiger partial charge in [-0.3, -0.25) is 9.59 Å². The Kier molecular flexibility index (Phi) is 8.33. The van der Waals surface area contributed by atoms with Gasteiger partial charge in [0, 0.05) is 29.6 Å². The molecule has 0 spiro atoms. The number of ether oxygens (including phenoxy) is 2. The zero-order valence-corrected chi connectivity index (χ0v) is 23.3. The van der Waals surface area contributed by atoms with Gasteiger partial charge in [-0.25, -0.2) is 0 Å². The molecule has 0 radical (unpaired) electrons. The van der Waals surface area contributed by atoms with E-state index in [2.05, 4.69) is 36.3 Å². The Bertz CT molecular complexity index is 1560. The number of Topliss-reactive ketones (excluding diaryl/α,β-unsaturated/α-hetero) is 1. The number of carbonyl (C=O) groups is 1. The molecule has 7 nitrogen and oxygen atoms in total. The van der Waals surface area contributed by atoms with Crippen molar-refractivity contribution in [1.82, 2.24) is 10.3 Å². The molecule has 3 N–H and O–H groups in total. The first kappa shape index (κ1) is 27.6. The van der Waals surface area contributed by atoms with Crippen LogP contribution in [-0.2, 0) is 25.7 Å². The molecule has 0 saturated heterocycles. The minimum atomic E-state index is -0.790. The molecule has 0 unspecified atom stereocenters. The maximum absolute atomic E-state index is 12.7. The van der Waals surface area contributed by atoms with E-state index < -0.39 is 6.10 Å². The number of pyridine rings is 1. The van der Waals surface area contributed by atoms with Gasteiger partial charge < -0.3 is 24.9 Å². The van der Waals surface area contributed by atoms with E-state index in [4.69, 9.17) is 9.47 Å². The predicted octanol–water partition coefficient (Wildman–Crippen LogP) is 4.71. The van der Waals surface area contributed by atoms with Crippen LogP contribution in [0.3, 0.4) is 0 Å². The molecule has 5 rings (SSSR count). The maximum atomic E-state index is 12.7. The first-order chi connectivity index (χ1) is 19.4. The molecule has 7 heteroatoms. The molecular formula is C33H36N2O5. The van der Waals surface area contributed by atoms with Gasteiger partial charge in [-0.1, -0.05) is 44.2 Å². The summed E-state index contributed by atoms with van der Waals surface area (Å²) in [5, 5.41) is 15.4. The van der Waals surface area contributed by atoms with Gasteiger partial charge in [0.1, 0.15) is 11.5 Å². The number of aliphatic hydroxyl groups is 1. The fourth-order valence-electron chi connectivity index (χ4n) is 5.65. The number of H-pyrrole nitrogens is 1. The molecule has 0 saturated carbocycles. The number of aromatic nitrogens is 1. The van der Waals surface area contributed by atoms with E-state index in [-0.39, 0.29) is 24.0 Å². The molecule has 208 valence electrons. The molecule has 0 amide bonds. The number of aryl methyl sites for hydroxylation is 2. The van der Waals surface area contributed by atoms with Gasteiger partial charge in [0.15, 0.2) is 12.4 Å². The van der Waals surface area contributed by atoms with E-state index >= 15 is 0 Å². The first-order valence-electron chi connectivity index (χ1n) is 13.9. The SMILES string of the molecule is CCc1cc2c(cc1CC)CC(NC[C@@H](O)c1ccc(OCC(=O)c3cccc(OC)c3)c3[nH]c(=O)ccc13)C2. The Morgan fingerprint density at radius 2 is 1.75 bits per heavy atom. The van der Waals surface area contributed by atoms with Gasteiger partial charge in [-0.15, -0.1) is 0 Å². The predicted molar refractivity (Wildman–Crippen MR) is 157 cm³/mol. The highest BCUT2D eigenvalue weighted by atomic mass is 16.5. The van der Waals surface area contributed by atoms with Crippen molar-refractivity contribution >= 4 is 16.7 Å². The number of rotatable bonds is 11. The monoisotopic (exact) mass is 540 g/mol. The van der Waals surface area contributed by atoms with Crippen molar-refractivity contribution in [2.75, 3.05) is 20.3 Å². The number of benzene rings is 3. The van der Waals surface area contributed by atoms with Crippen molar-refractivity contribution in [1.29, 1.82) is 0 Å². The molecule has 0 bridgehead atoms. The molecule has 1 aliphatic rings. The number of nitrogens with one attached hydrogen (secondary N) is 2. The lowest BCUT2D eigenvalue weighted by Gasteiger charge is -2.19. The topological polar surface area (TPSA) is 101 Å². The van der Waals surface area contributed by atoms with Crippen molar-refractivity contribution in [3.05, 3.63) is 104 Å².